The van der Waals surface area contributed by atoms with Crippen molar-refractivity contribution in [3.63, 3.8) is 0 Å². The van der Waals surface area contributed by atoms with Crippen molar-refractivity contribution in [2.24, 2.45) is 17.8 Å². The van der Waals surface area contributed by atoms with Crippen LogP contribution in [0, 0.1) is 17.8 Å². The number of aliphatic hydroxyl groups excluding tert-OH is 2. The molecule has 15 heteroatoms. The van der Waals surface area contributed by atoms with Crippen LogP contribution in [0.5, 0.6) is 0 Å². The van der Waals surface area contributed by atoms with E-state index in [1.807, 2.05) is 31.2 Å². The van der Waals surface area contributed by atoms with E-state index in [0.29, 0.717) is 19.4 Å². The fourth-order valence-corrected chi connectivity index (χ4v) is 7.88. The Balaban J connectivity index is 2.26. The minimum absolute atomic E-state index is 0.0561. The van der Waals surface area contributed by atoms with Crippen LogP contribution in [0.25, 0.3) is 0 Å². The van der Waals surface area contributed by atoms with E-state index >= 15 is 0 Å². The van der Waals surface area contributed by atoms with Gasteiger partial charge in [0.15, 0.2) is 0 Å². The zero-order valence-corrected chi connectivity index (χ0v) is 33.1. The van der Waals surface area contributed by atoms with E-state index in [1.165, 1.54) is 11.3 Å². The van der Waals surface area contributed by atoms with Gasteiger partial charge in [-0.2, -0.15) is 0 Å². The number of amides is 3. The molecule has 1 aromatic rings. The van der Waals surface area contributed by atoms with Gasteiger partial charge in [0, 0.05) is 51.3 Å². The number of carbonyl (C=O) groups excluding carboxylic acids is 4. The normalized spacial score (nSPS) is 20.4. The van der Waals surface area contributed by atoms with Gasteiger partial charge in [-0.15, -0.1) is 11.3 Å². The molecule has 2 unspecified atom stereocenters. The standard InChI is InChI=1S/C36H64N6O8S/c1-11-24(4)32(41(8)21-36(22-45,23(2)3)39-35(48)28(20-44)40(6)7)29(49-9)18-31(46)42-15-12-13-27(42)33(50-10)25(5)34(47)38-26(19-43)17-30-37-14-16-51-30/h14,16,22-29,32-33,43-44H,11-13,15,17-21H2,1-10H3,(H,38,47)(H,39,48)/t24-,25+,26?,27-,28-,29+,32-,33+,36?/m0/s1. The number of ether oxygens (including phenoxy) is 2. The lowest BCUT2D eigenvalue weighted by Gasteiger charge is -2.44. The molecule has 4 N–H and O–H groups in total. The number of hydrogen-bond donors (Lipinski definition) is 4. The van der Waals surface area contributed by atoms with Gasteiger partial charge in [-0.05, 0) is 45.8 Å². The van der Waals surface area contributed by atoms with Crippen molar-refractivity contribution in [1.82, 2.24) is 30.3 Å². The molecule has 1 saturated heterocycles. The van der Waals surface area contributed by atoms with Crippen LogP contribution in [-0.4, -0.2) is 157 Å². The molecule has 51 heavy (non-hydrogen) atoms. The number of carbonyl (C=O) groups is 4. The maximum absolute atomic E-state index is 14.1. The number of likely N-dealkylation sites (tertiary alicyclic amines) is 1. The summed E-state index contributed by atoms with van der Waals surface area (Å²) in [5, 5.41) is 28.3. The van der Waals surface area contributed by atoms with Crippen LogP contribution >= 0.6 is 11.3 Å². The van der Waals surface area contributed by atoms with Crippen LogP contribution in [-0.2, 0) is 35.1 Å². The van der Waals surface area contributed by atoms with E-state index in [2.05, 4.69) is 29.5 Å². The highest BCUT2D eigenvalue weighted by Gasteiger charge is 2.44. The second-order valence-electron chi connectivity index (χ2n) is 14.5. The van der Waals surface area contributed by atoms with Gasteiger partial charge in [0.25, 0.3) is 0 Å². The number of likely N-dealkylation sites (N-methyl/N-ethyl adjacent to an activating group) is 2. The third-order valence-electron chi connectivity index (χ3n) is 10.7. The summed E-state index contributed by atoms with van der Waals surface area (Å²) in [7, 11) is 8.39. The summed E-state index contributed by atoms with van der Waals surface area (Å²) in [6, 6.07) is -1.94. The van der Waals surface area contributed by atoms with Crippen LogP contribution in [0.15, 0.2) is 11.6 Å². The number of nitrogens with zero attached hydrogens (tertiary/aromatic N) is 4. The van der Waals surface area contributed by atoms with Crippen molar-refractivity contribution >= 4 is 35.3 Å². The fourth-order valence-electron chi connectivity index (χ4n) is 7.19. The topological polar surface area (TPSA) is 174 Å². The highest BCUT2D eigenvalue weighted by molar-refractivity contribution is 7.09. The third kappa shape index (κ3) is 11.7. The highest BCUT2D eigenvalue weighted by atomic mass is 32.1. The minimum atomic E-state index is -1.26. The number of aldehydes is 1. The van der Waals surface area contributed by atoms with E-state index in [1.54, 1.807) is 51.2 Å². The summed E-state index contributed by atoms with van der Waals surface area (Å²) >= 11 is 1.46. The predicted octanol–water partition coefficient (Wildman–Crippen LogP) is 1.19. The van der Waals surface area contributed by atoms with Gasteiger partial charge < -0.3 is 40.0 Å². The van der Waals surface area contributed by atoms with Crippen LogP contribution in [0.2, 0.25) is 0 Å². The van der Waals surface area contributed by atoms with E-state index in [9.17, 15) is 29.4 Å². The van der Waals surface area contributed by atoms with Crippen molar-refractivity contribution in [1.29, 1.82) is 0 Å². The smallest absolute Gasteiger partial charge is 0.240 e. The summed E-state index contributed by atoms with van der Waals surface area (Å²) in [5.74, 6) is -1.65. The molecule has 0 bridgehead atoms. The molecular weight excluding hydrogens is 676 g/mol. The van der Waals surface area contributed by atoms with E-state index in [0.717, 1.165) is 24.1 Å². The molecule has 2 heterocycles. The third-order valence-corrected chi connectivity index (χ3v) is 11.5. The van der Waals surface area contributed by atoms with Crippen LogP contribution in [0.4, 0.5) is 0 Å². The molecule has 0 radical (unpaired) electrons. The number of aliphatic hydroxyl groups is 2. The molecule has 1 aliphatic rings. The molecule has 0 aliphatic carbocycles. The molecule has 292 valence electrons. The Kier molecular flexibility index (Phi) is 18.6. The van der Waals surface area contributed by atoms with E-state index < -0.39 is 48.3 Å². The lowest BCUT2D eigenvalue weighted by Crippen LogP contribution is -2.65. The quantitative estimate of drug-likeness (QED) is 0.119. The Morgan fingerprint density at radius 3 is 2.29 bits per heavy atom. The number of nitrogens with one attached hydrogen (secondary N) is 2. The lowest BCUT2D eigenvalue weighted by molar-refractivity contribution is -0.143. The van der Waals surface area contributed by atoms with Crippen molar-refractivity contribution in [2.45, 2.75) is 109 Å². The number of thiazole rings is 1. The van der Waals surface area contributed by atoms with Gasteiger partial charge in [0.2, 0.25) is 17.7 Å². The van der Waals surface area contributed by atoms with Crippen LogP contribution in [0.1, 0.15) is 65.3 Å². The Morgan fingerprint density at radius 1 is 1.12 bits per heavy atom. The molecule has 0 saturated carbocycles. The van der Waals surface area contributed by atoms with Gasteiger partial charge in [-0.1, -0.05) is 41.0 Å². The van der Waals surface area contributed by atoms with Crippen LogP contribution < -0.4 is 10.6 Å². The van der Waals surface area contributed by atoms with Gasteiger partial charge in [0.05, 0.1) is 54.9 Å². The number of rotatable bonds is 23. The first-order valence-electron chi connectivity index (χ1n) is 18.0. The summed E-state index contributed by atoms with van der Waals surface area (Å²) in [6.45, 7) is 9.71. The number of hydrogen-bond acceptors (Lipinski definition) is 12. The van der Waals surface area contributed by atoms with Gasteiger partial charge in [0.1, 0.15) is 17.9 Å². The zero-order chi connectivity index (χ0) is 38.5. The van der Waals surface area contributed by atoms with Gasteiger partial charge >= 0.3 is 0 Å². The Hall–Kier alpha value is -2.53. The molecule has 1 aliphatic heterocycles. The van der Waals surface area contributed by atoms with Crippen molar-refractivity contribution < 1.29 is 38.9 Å². The molecule has 0 spiro atoms. The Morgan fingerprint density at radius 2 is 1.80 bits per heavy atom. The predicted molar refractivity (Wildman–Crippen MR) is 197 cm³/mol. The Labute approximate surface area is 308 Å². The molecular formula is C36H64N6O8S. The monoisotopic (exact) mass is 740 g/mol. The molecule has 1 aromatic heterocycles. The second-order valence-corrected chi connectivity index (χ2v) is 15.5. The lowest BCUT2D eigenvalue weighted by atomic mass is 9.84. The SMILES string of the molecule is CC[C@H](C)[C@@H]([C@@H](CC(=O)N1CCC[C@H]1[C@H](OC)[C@@H](C)C(=O)NC(CO)Cc1nccs1)OC)N(C)CC(C=O)(NC(=O)[C@H](CO)N(C)C)C(C)C. The summed E-state index contributed by atoms with van der Waals surface area (Å²) in [4.78, 5) is 63.2. The maximum atomic E-state index is 14.1. The first-order valence-corrected chi connectivity index (χ1v) is 18.9. The van der Waals surface area contributed by atoms with Crippen molar-refractivity contribution in [3.8, 4) is 0 Å². The Bertz CT molecular complexity index is 1220. The molecule has 2 rings (SSSR count). The van der Waals surface area contributed by atoms with Gasteiger partial charge in [-0.25, -0.2) is 4.98 Å². The number of aromatic nitrogens is 1. The number of methoxy groups -OCH3 is 2. The van der Waals surface area contributed by atoms with Crippen molar-refractivity contribution in [3.05, 3.63) is 16.6 Å². The summed E-state index contributed by atoms with van der Waals surface area (Å²) in [5.41, 5.74) is -1.26. The minimum Gasteiger partial charge on any atom is -0.394 e. The second kappa shape index (κ2) is 21.2. The molecule has 14 nitrogen and oxygen atoms in total. The molecule has 1 fully saturated rings. The first kappa shape index (κ1) is 44.6. The first-order chi connectivity index (χ1) is 24.1. The average Bonchev–Trinajstić information content (AvgIpc) is 3.80. The largest absolute Gasteiger partial charge is 0.394 e. The van der Waals surface area contributed by atoms with Gasteiger partial charge in [-0.3, -0.25) is 24.2 Å². The molecule has 9 atom stereocenters. The van der Waals surface area contributed by atoms with Crippen molar-refractivity contribution in [2.75, 3.05) is 61.7 Å². The average molecular weight is 741 g/mol. The van der Waals surface area contributed by atoms with E-state index in [-0.39, 0.29) is 55.3 Å². The van der Waals surface area contributed by atoms with E-state index in [4.69, 9.17) is 9.47 Å². The fraction of sp³-hybridized carbons (Fsp3) is 0.806. The summed E-state index contributed by atoms with van der Waals surface area (Å²) in [6.07, 6.45) is 4.04. The van der Waals surface area contributed by atoms with Crippen LogP contribution in [0.3, 0.4) is 0 Å². The molecule has 0 aromatic carbocycles. The highest BCUT2D eigenvalue weighted by Crippen LogP contribution is 2.30. The zero-order valence-electron chi connectivity index (χ0n) is 32.3. The summed E-state index contributed by atoms with van der Waals surface area (Å²) < 4.78 is 11.9. The molecule has 3 amide bonds. The maximum Gasteiger partial charge on any atom is 0.240 e.